The summed E-state index contributed by atoms with van der Waals surface area (Å²) >= 11 is 0. The van der Waals surface area contributed by atoms with Crippen molar-refractivity contribution in [1.29, 1.82) is 0 Å². The fourth-order valence-corrected chi connectivity index (χ4v) is 2.21. The van der Waals surface area contributed by atoms with Crippen LogP contribution in [0.1, 0.15) is 23.3 Å². The molecular weight excluding hydrogens is 273 g/mol. The van der Waals surface area contributed by atoms with Gasteiger partial charge in [-0.2, -0.15) is 13.2 Å². The molecule has 1 aliphatic heterocycles. The van der Waals surface area contributed by atoms with Crippen LogP contribution in [0, 0.1) is 0 Å². The summed E-state index contributed by atoms with van der Waals surface area (Å²) in [5.41, 5.74) is 0.275. The van der Waals surface area contributed by atoms with Crippen LogP contribution in [-0.4, -0.2) is 53.0 Å². The molecule has 1 aliphatic rings. The number of aromatic nitrogens is 2. The van der Waals surface area contributed by atoms with Crippen LogP contribution in [0.5, 0.6) is 0 Å². The molecule has 20 heavy (non-hydrogen) atoms. The molecule has 0 aromatic carbocycles. The number of anilines is 1. The molecule has 0 spiro atoms. The van der Waals surface area contributed by atoms with E-state index in [4.69, 9.17) is 0 Å². The predicted octanol–water partition coefficient (Wildman–Crippen LogP) is 1.73. The minimum Gasteiger partial charge on any atom is -0.367 e. The molecule has 1 aromatic rings. The number of rotatable bonds is 4. The normalized spacial score (nSPS) is 17.9. The second kappa shape index (κ2) is 6.17. The Morgan fingerprint density at radius 1 is 1.35 bits per heavy atom. The van der Waals surface area contributed by atoms with Crippen molar-refractivity contribution in [3.05, 3.63) is 18.1 Å². The zero-order valence-corrected chi connectivity index (χ0v) is 10.7. The van der Waals surface area contributed by atoms with Gasteiger partial charge in [-0.25, -0.2) is 9.97 Å². The molecule has 110 valence electrons. The minimum absolute atomic E-state index is 0.0638. The fraction of sp³-hybridized carbons (Fsp3) is 0.583. The Hall–Kier alpha value is -1.70. The van der Waals surface area contributed by atoms with Gasteiger partial charge in [0.2, 0.25) is 0 Å². The Morgan fingerprint density at radius 3 is 2.65 bits per heavy atom. The first kappa shape index (κ1) is 14.7. The molecule has 0 atom stereocenters. The maximum Gasteiger partial charge on any atom is 0.401 e. The largest absolute Gasteiger partial charge is 0.401 e. The number of piperidine rings is 1. The molecule has 1 fully saturated rings. The number of likely N-dealkylation sites (tertiary alicyclic amines) is 1. The van der Waals surface area contributed by atoms with E-state index < -0.39 is 12.7 Å². The van der Waals surface area contributed by atoms with Crippen molar-refractivity contribution in [3.63, 3.8) is 0 Å². The quantitative estimate of drug-likeness (QED) is 0.855. The highest BCUT2D eigenvalue weighted by Gasteiger charge is 2.32. The maximum absolute atomic E-state index is 12.3. The van der Waals surface area contributed by atoms with Gasteiger partial charge < -0.3 is 5.32 Å². The number of nitrogens with one attached hydrogen (secondary N) is 1. The first-order valence-corrected chi connectivity index (χ1v) is 6.29. The Bertz CT molecular complexity index is 458. The molecule has 2 heterocycles. The van der Waals surface area contributed by atoms with Crippen molar-refractivity contribution < 1.29 is 18.0 Å². The Balaban J connectivity index is 1.83. The van der Waals surface area contributed by atoms with E-state index in [-0.39, 0.29) is 11.7 Å². The van der Waals surface area contributed by atoms with E-state index in [0.29, 0.717) is 38.0 Å². The number of alkyl halides is 3. The van der Waals surface area contributed by atoms with Gasteiger partial charge in [-0.15, -0.1) is 0 Å². The Labute approximate surface area is 114 Å². The summed E-state index contributed by atoms with van der Waals surface area (Å²) in [4.78, 5) is 19.7. The zero-order chi connectivity index (χ0) is 14.6. The number of halogens is 3. The van der Waals surface area contributed by atoms with E-state index in [9.17, 15) is 18.0 Å². The summed E-state index contributed by atoms with van der Waals surface area (Å²) in [6.45, 7) is -0.0753. The number of carbonyl (C=O) groups is 1. The van der Waals surface area contributed by atoms with Gasteiger partial charge in [-0.1, -0.05) is 0 Å². The second-order valence-electron chi connectivity index (χ2n) is 4.76. The van der Waals surface area contributed by atoms with Gasteiger partial charge in [-0.3, -0.25) is 9.69 Å². The molecule has 0 aliphatic carbocycles. The second-order valence-corrected chi connectivity index (χ2v) is 4.76. The molecule has 5 nitrogen and oxygen atoms in total. The summed E-state index contributed by atoms with van der Waals surface area (Å²) in [5, 5.41) is 3.12. The van der Waals surface area contributed by atoms with Crippen molar-refractivity contribution in [1.82, 2.24) is 14.9 Å². The van der Waals surface area contributed by atoms with Crippen LogP contribution < -0.4 is 5.32 Å². The average Bonchev–Trinajstić information content (AvgIpc) is 2.40. The lowest BCUT2D eigenvalue weighted by atomic mass is 10.1. The molecule has 0 radical (unpaired) electrons. The van der Waals surface area contributed by atoms with Crippen molar-refractivity contribution in [2.24, 2.45) is 0 Å². The van der Waals surface area contributed by atoms with E-state index in [1.165, 1.54) is 17.3 Å². The van der Waals surface area contributed by atoms with Crippen molar-refractivity contribution in [2.75, 3.05) is 25.0 Å². The Kier molecular flexibility index (Phi) is 4.53. The van der Waals surface area contributed by atoms with Gasteiger partial charge in [0.1, 0.15) is 17.8 Å². The predicted molar refractivity (Wildman–Crippen MR) is 66.6 cm³/mol. The molecule has 8 heteroatoms. The zero-order valence-electron chi connectivity index (χ0n) is 10.7. The van der Waals surface area contributed by atoms with Gasteiger partial charge in [0.15, 0.2) is 6.29 Å². The number of carbonyl (C=O) groups excluding carboxylic acids is 1. The highest BCUT2D eigenvalue weighted by atomic mass is 19.4. The third-order valence-electron chi connectivity index (χ3n) is 3.15. The highest BCUT2D eigenvalue weighted by molar-refractivity contribution is 5.72. The minimum atomic E-state index is -4.15. The summed E-state index contributed by atoms with van der Waals surface area (Å²) in [5.74, 6) is 0.524. The highest BCUT2D eigenvalue weighted by Crippen LogP contribution is 2.21. The van der Waals surface area contributed by atoms with E-state index in [0.717, 1.165) is 0 Å². The monoisotopic (exact) mass is 288 g/mol. The lowest BCUT2D eigenvalue weighted by Gasteiger charge is -2.32. The van der Waals surface area contributed by atoms with Crippen LogP contribution in [0.4, 0.5) is 19.0 Å². The van der Waals surface area contributed by atoms with Crippen LogP contribution in [-0.2, 0) is 0 Å². The average molecular weight is 288 g/mol. The van der Waals surface area contributed by atoms with Crippen molar-refractivity contribution in [3.8, 4) is 0 Å². The fourth-order valence-electron chi connectivity index (χ4n) is 2.21. The number of hydrogen-bond acceptors (Lipinski definition) is 5. The number of hydrogen-bond donors (Lipinski definition) is 1. The maximum atomic E-state index is 12.3. The van der Waals surface area contributed by atoms with Crippen LogP contribution in [0.3, 0.4) is 0 Å². The van der Waals surface area contributed by atoms with Gasteiger partial charge in [0, 0.05) is 25.2 Å². The SMILES string of the molecule is O=Cc1cc(NC2CCN(CC(F)(F)F)CC2)ncn1. The number of aldehydes is 1. The van der Waals surface area contributed by atoms with Crippen LogP contribution in [0.15, 0.2) is 12.4 Å². The van der Waals surface area contributed by atoms with E-state index >= 15 is 0 Å². The standard InChI is InChI=1S/C12H15F3N4O/c13-12(14,15)7-19-3-1-9(2-4-19)18-11-5-10(6-20)16-8-17-11/h5-6,8-9H,1-4,7H2,(H,16,17,18). The van der Waals surface area contributed by atoms with Gasteiger partial charge in [-0.05, 0) is 12.8 Å². The molecule has 1 saturated heterocycles. The molecule has 0 bridgehead atoms. The molecule has 1 aromatic heterocycles. The first-order chi connectivity index (χ1) is 9.46. The summed E-state index contributed by atoms with van der Waals surface area (Å²) in [7, 11) is 0. The molecular formula is C12H15F3N4O. The van der Waals surface area contributed by atoms with Gasteiger partial charge in [0.25, 0.3) is 0 Å². The van der Waals surface area contributed by atoms with Crippen LogP contribution >= 0.6 is 0 Å². The van der Waals surface area contributed by atoms with E-state index in [1.807, 2.05) is 0 Å². The molecule has 0 amide bonds. The lowest BCUT2D eigenvalue weighted by Crippen LogP contribution is -2.43. The first-order valence-electron chi connectivity index (χ1n) is 6.29. The van der Waals surface area contributed by atoms with E-state index in [2.05, 4.69) is 15.3 Å². The molecule has 0 unspecified atom stereocenters. The topological polar surface area (TPSA) is 58.1 Å². The smallest absolute Gasteiger partial charge is 0.367 e. The van der Waals surface area contributed by atoms with Crippen molar-refractivity contribution in [2.45, 2.75) is 25.1 Å². The van der Waals surface area contributed by atoms with Crippen molar-refractivity contribution >= 4 is 12.1 Å². The Morgan fingerprint density at radius 2 is 2.05 bits per heavy atom. The van der Waals surface area contributed by atoms with Crippen LogP contribution in [0.25, 0.3) is 0 Å². The van der Waals surface area contributed by atoms with E-state index in [1.54, 1.807) is 0 Å². The summed E-state index contributed by atoms with van der Waals surface area (Å²) in [6, 6.07) is 1.59. The van der Waals surface area contributed by atoms with Gasteiger partial charge in [0.05, 0.1) is 6.54 Å². The number of nitrogens with zero attached hydrogens (tertiary/aromatic N) is 3. The molecule has 0 saturated carbocycles. The summed E-state index contributed by atoms with van der Waals surface area (Å²) < 4.78 is 36.8. The van der Waals surface area contributed by atoms with Gasteiger partial charge >= 0.3 is 6.18 Å². The third-order valence-corrected chi connectivity index (χ3v) is 3.15. The third kappa shape index (κ3) is 4.44. The van der Waals surface area contributed by atoms with Crippen LogP contribution in [0.2, 0.25) is 0 Å². The molecule has 2 rings (SSSR count). The lowest BCUT2D eigenvalue weighted by molar-refractivity contribution is -0.147. The summed E-state index contributed by atoms with van der Waals surface area (Å²) in [6.07, 6.45) is -1.03. The molecule has 1 N–H and O–H groups in total.